The number of hydrogen-bond acceptors (Lipinski definition) is 3. The molecular formula is C24H23F3N4O2. The fourth-order valence-corrected chi connectivity index (χ4v) is 4.17. The molecule has 2 heterocycles. The highest BCUT2D eigenvalue weighted by atomic mass is 19.4. The molecule has 1 aromatic heterocycles. The van der Waals surface area contributed by atoms with Crippen LogP contribution in [0.25, 0.3) is 11.0 Å². The Morgan fingerprint density at radius 2 is 2.00 bits per heavy atom. The number of aryl methyl sites for hydroxylation is 1. The van der Waals surface area contributed by atoms with Crippen LogP contribution in [0.1, 0.15) is 40.4 Å². The van der Waals surface area contributed by atoms with Gasteiger partial charge < -0.3 is 9.47 Å². The van der Waals surface area contributed by atoms with Crippen molar-refractivity contribution in [1.82, 2.24) is 14.5 Å². The van der Waals surface area contributed by atoms with Gasteiger partial charge in [-0.15, -0.1) is 0 Å². The van der Waals surface area contributed by atoms with Crippen molar-refractivity contribution < 1.29 is 22.8 Å². The van der Waals surface area contributed by atoms with Gasteiger partial charge in [-0.05, 0) is 61.7 Å². The molecule has 2 amide bonds. The Bertz CT molecular complexity index is 1230. The molecule has 6 nitrogen and oxygen atoms in total. The molecule has 2 aromatic carbocycles. The van der Waals surface area contributed by atoms with Crippen LogP contribution >= 0.6 is 0 Å². The molecule has 1 aliphatic heterocycles. The second-order valence-corrected chi connectivity index (χ2v) is 8.11. The first kappa shape index (κ1) is 22.6. The molecule has 9 heteroatoms. The summed E-state index contributed by atoms with van der Waals surface area (Å²) in [4.78, 5) is 31.3. The van der Waals surface area contributed by atoms with Crippen molar-refractivity contribution in [1.29, 1.82) is 0 Å². The van der Waals surface area contributed by atoms with Crippen LogP contribution < -0.4 is 5.32 Å². The molecule has 1 atom stereocenters. The molecule has 0 spiro atoms. The van der Waals surface area contributed by atoms with Crippen molar-refractivity contribution >= 4 is 28.8 Å². The molecule has 0 saturated carbocycles. The van der Waals surface area contributed by atoms with E-state index in [1.54, 1.807) is 4.90 Å². The first-order valence-corrected chi connectivity index (χ1v) is 10.6. The van der Waals surface area contributed by atoms with Gasteiger partial charge in [0.15, 0.2) is 0 Å². The number of amides is 2. The van der Waals surface area contributed by atoms with Gasteiger partial charge >= 0.3 is 6.18 Å². The van der Waals surface area contributed by atoms with E-state index in [1.807, 2.05) is 29.7 Å². The van der Waals surface area contributed by atoms with E-state index in [2.05, 4.69) is 16.9 Å². The van der Waals surface area contributed by atoms with Crippen molar-refractivity contribution in [3.05, 3.63) is 71.8 Å². The zero-order chi connectivity index (χ0) is 23.8. The number of carbonyl (C=O) groups excluding carboxylic acids is 2. The molecule has 172 valence electrons. The monoisotopic (exact) mass is 456 g/mol. The summed E-state index contributed by atoms with van der Waals surface area (Å²) >= 11 is 0. The zero-order valence-electron chi connectivity index (χ0n) is 18.0. The third-order valence-electron chi connectivity index (χ3n) is 5.77. The Morgan fingerprint density at radius 3 is 2.73 bits per heavy atom. The van der Waals surface area contributed by atoms with Gasteiger partial charge in [0.1, 0.15) is 0 Å². The van der Waals surface area contributed by atoms with Crippen LogP contribution in [-0.4, -0.2) is 39.4 Å². The number of carbonyl (C=O) groups is 2. The molecule has 1 aliphatic rings. The van der Waals surface area contributed by atoms with Crippen LogP contribution in [0.5, 0.6) is 0 Å². The number of halogens is 3. The van der Waals surface area contributed by atoms with E-state index < -0.39 is 17.6 Å². The molecule has 0 bridgehead atoms. The summed E-state index contributed by atoms with van der Waals surface area (Å²) < 4.78 is 41.1. The van der Waals surface area contributed by atoms with Gasteiger partial charge in [-0.3, -0.25) is 14.9 Å². The minimum atomic E-state index is -4.55. The molecule has 3 aromatic rings. The lowest BCUT2D eigenvalue weighted by molar-refractivity contribution is -0.137. The highest BCUT2D eigenvalue weighted by molar-refractivity contribution is 6.04. The molecular weight excluding hydrogens is 433 g/mol. The maximum Gasteiger partial charge on any atom is 0.416 e. The SMILES string of the molecule is C=CC(=O)N1CCC[C@@H](n2c(NC(=O)c3cccc(C(F)(F)F)c3)nc3cc(C)ccc32)C1. The van der Waals surface area contributed by atoms with Crippen molar-refractivity contribution in [3.63, 3.8) is 0 Å². The normalized spacial score (nSPS) is 16.6. The third kappa shape index (κ3) is 4.62. The fourth-order valence-electron chi connectivity index (χ4n) is 4.17. The smallest absolute Gasteiger partial charge is 0.337 e. The van der Waals surface area contributed by atoms with E-state index in [4.69, 9.17) is 0 Å². The average molecular weight is 456 g/mol. The summed E-state index contributed by atoms with van der Waals surface area (Å²) in [6.45, 7) is 6.50. The van der Waals surface area contributed by atoms with Crippen LogP contribution in [0.4, 0.5) is 19.1 Å². The Balaban J connectivity index is 1.71. The van der Waals surface area contributed by atoms with Crippen LogP contribution in [-0.2, 0) is 11.0 Å². The fraction of sp³-hybridized carbons (Fsp3) is 0.292. The number of nitrogens with one attached hydrogen (secondary N) is 1. The minimum Gasteiger partial charge on any atom is -0.337 e. The number of benzene rings is 2. The number of alkyl halides is 3. The molecule has 1 fully saturated rings. The lowest BCUT2D eigenvalue weighted by Gasteiger charge is -2.33. The van der Waals surface area contributed by atoms with Crippen LogP contribution in [0.15, 0.2) is 55.1 Å². The zero-order valence-corrected chi connectivity index (χ0v) is 18.0. The number of likely N-dealkylation sites (tertiary alicyclic amines) is 1. The lowest BCUT2D eigenvalue weighted by Crippen LogP contribution is -2.40. The van der Waals surface area contributed by atoms with Crippen LogP contribution in [0.2, 0.25) is 0 Å². The van der Waals surface area contributed by atoms with Gasteiger partial charge in [0.25, 0.3) is 5.91 Å². The third-order valence-corrected chi connectivity index (χ3v) is 5.77. The Labute approximate surface area is 188 Å². The summed E-state index contributed by atoms with van der Waals surface area (Å²) in [5.41, 5.74) is 1.39. The number of piperidine rings is 1. The number of imidazole rings is 1. The van der Waals surface area contributed by atoms with Crippen molar-refractivity contribution in [2.24, 2.45) is 0 Å². The highest BCUT2D eigenvalue weighted by Crippen LogP contribution is 2.32. The number of anilines is 1. The van der Waals surface area contributed by atoms with Crippen molar-refractivity contribution in [2.45, 2.75) is 32.0 Å². The molecule has 0 radical (unpaired) electrons. The number of aromatic nitrogens is 2. The Kier molecular flexibility index (Phi) is 5.97. The van der Waals surface area contributed by atoms with Crippen LogP contribution in [0, 0.1) is 6.92 Å². The Hall–Kier alpha value is -3.62. The Morgan fingerprint density at radius 1 is 1.21 bits per heavy atom. The van der Waals surface area contributed by atoms with Gasteiger partial charge in [0.05, 0.1) is 22.6 Å². The van der Waals surface area contributed by atoms with E-state index >= 15 is 0 Å². The van der Waals surface area contributed by atoms with E-state index in [9.17, 15) is 22.8 Å². The topological polar surface area (TPSA) is 67.2 Å². The van der Waals surface area contributed by atoms with E-state index in [1.165, 1.54) is 18.2 Å². The van der Waals surface area contributed by atoms with Gasteiger partial charge in [-0.2, -0.15) is 13.2 Å². The lowest BCUT2D eigenvalue weighted by atomic mass is 10.0. The summed E-state index contributed by atoms with van der Waals surface area (Å²) in [6.07, 6.45) is -1.76. The molecule has 0 unspecified atom stereocenters. The van der Waals surface area contributed by atoms with Gasteiger partial charge in [-0.25, -0.2) is 4.98 Å². The molecule has 1 saturated heterocycles. The summed E-state index contributed by atoms with van der Waals surface area (Å²) in [6, 6.07) is 9.80. The molecule has 0 aliphatic carbocycles. The van der Waals surface area contributed by atoms with Crippen LogP contribution in [0.3, 0.4) is 0 Å². The van der Waals surface area contributed by atoms with Gasteiger partial charge in [0.2, 0.25) is 11.9 Å². The van der Waals surface area contributed by atoms with E-state index in [0.29, 0.717) is 18.6 Å². The minimum absolute atomic E-state index is 0.119. The second kappa shape index (κ2) is 8.73. The van der Waals surface area contributed by atoms with Gasteiger partial charge in [-0.1, -0.05) is 18.7 Å². The number of rotatable bonds is 4. The first-order valence-electron chi connectivity index (χ1n) is 10.6. The molecule has 33 heavy (non-hydrogen) atoms. The first-order chi connectivity index (χ1) is 15.7. The summed E-state index contributed by atoms with van der Waals surface area (Å²) in [5, 5.41) is 2.69. The quantitative estimate of drug-likeness (QED) is 0.564. The van der Waals surface area contributed by atoms with Crippen molar-refractivity contribution in [2.75, 3.05) is 18.4 Å². The maximum atomic E-state index is 13.1. The molecule has 4 rings (SSSR count). The average Bonchev–Trinajstić information content (AvgIpc) is 3.14. The second-order valence-electron chi connectivity index (χ2n) is 8.11. The molecule has 1 N–H and O–H groups in total. The highest BCUT2D eigenvalue weighted by Gasteiger charge is 2.31. The van der Waals surface area contributed by atoms with Gasteiger partial charge in [0, 0.05) is 18.7 Å². The predicted molar refractivity (Wildman–Crippen MR) is 119 cm³/mol. The maximum absolute atomic E-state index is 13.1. The number of fused-ring (bicyclic) bond motifs is 1. The van der Waals surface area contributed by atoms with E-state index in [-0.39, 0.29) is 23.5 Å². The summed E-state index contributed by atoms with van der Waals surface area (Å²) in [5.74, 6) is -0.630. The standard InChI is InChI=1S/C24H23F3N4O2/c1-3-21(32)30-11-5-8-18(14-30)31-20-10-9-15(2)12-19(20)28-23(31)29-22(33)16-6-4-7-17(13-16)24(25,26)27/h3-4,6-7,9-10,12-13,18H,1,5,8,11,14H2,2H3,(H,28,29,33)/t18-/m1/s1. The van der Waals surface area contributed by atoms with E-state index in [0.717, 1.165) is 36.1 Å². The number of nitrogens with zero attached hydrogens (tertiary/aromatic N) is 3. The largest absolute Gasteiger partial charge is 0.416 e. The number of hydrogen-bond donors (Lipinski definition) is 1. The summed E-state index contributed by atoms with van der Waals surface area (Å²) in [7, 11) is 0. The predicted octanol–water partition coefficient (Wildman–Crippen LogP) is 4.97. The van der Waals surface area contributed by atoms with Crippen molar-refractivity contribution in [3.8, 4) is 0 Å².